The predicted molar refractivity (Wildman–Crippen MR) is 93.3 cm³/mol. The summed E-state index contributed by atoms with van der Waals surface area (Å²) in [6.07, 6.45) is 1.67. The molecule has 1 amide bonds. The zero-order valence-electron chi connectivity index (χ0n) is 13.5. The Morgan fingerprint density at radius 3 is 2.96 bits per heavy atom. The van der Waals surface area contributed by atoms with Gasteiger partial charge in [0.05, 0.1) is 25.5 Å². The molecule has 2 aromatic heterocycles. The lowest BCUT2D eigenvalue weighted by atomic mass is 10.4. The third kappa shape index (κ3) is 4.53. The number of nitrogens with one attached hydrogen (secondary N) is 1. The summed E-state index contributed by atoms with van der Waals surface area (Å²) in [5, 5.41) is 14.5. The zero-order chi connectivity index (χ0) is 16.8. The fourth-order valence-corrected chi connectivity index (χ4v) is 3.76. The quantitative estimate of drug-likeness (QED) is 0.738. The van der Waals surface area contributed by atoms with Gasteiger partial charge < -0.3 is 14.6 Å². The maximum absolute atomic E-state index is 12.0. The molecule has 1 aliphatic heterocycles. The topological polar surface area (TPSA) is 85.2 Å². The van der Waals surface area contributed by atoms with Crippen LogP contribution in [0.4, 0.5) is 5.13 Å². The highest BCUT2D eigenvalue weighted by atomic mass is 32.2. The number of anilines is 1. The normalized spacial score (nSPS) is 15.5. The largest absolute Gasteiger partial charge is 0.379 e. The molecule has 0 saturated carbocycles. The van der Waals surface area contributed by atoms with Gasteiger partial charge in [-0.15, -0.1) is 21.5 Å². The molecule has 0 unspecified atom stereocenters. The third-order valence-electron chi connectivity index (χ3n) is 3.59. The van der Waals surface area contributed by atoms with Crippen LogP contribution in [0.3, 0.4) is 0 Å². The second-order valence-electron chi connectivity index (χ2n) is 5.21. The number of hydrogen-bond acceptors (Lipinski definition) is 8. The van der Waals surface area contributed by atoms with E-state index in [0.29, 0.717) is 5.13 Å². The van der Waals surface area contributed by atoms with Crippen LogP contribution in [-0.2, 0) is 22.6 Å². The van der Waals surface area contributed by atoms with Gasteiger partial charge in [0.15, 0.2) is 10.3 Å². The average molecular weight is 368 g/mol. The van der Waals surface area contributed by atoms with E-state index in [4.69, 9.17) is 4.74 Å². The first-order valence-electron chi connectivity index (χ1n) is 7.80. The van der Waals surface area contributed by atoms with Gasteiger partial charge in [0.1, 0.15) is 5.82 Å². The Hall–Kier alpha value is -1.49. The van der Waals surface area contributed by atoms with Gasteiger partial charge in [-0.1, -0.05) is 11.8 Å². The van der Waals surface area contributed by atoms with Gasteiger partial charge >= 0.3 is 0 Å². The Labute approximate surface area is 148 Å². The van der Waals surface area contributed by atoms with Crippen molar-refractivity contribution in [2.75, 3.05) is 37.4 Å². The minimum Gasteiger partial charge on any atom is -0.379 e. The lowest BCUT2D eigenvalue weighted by Crippen LogP contribution is -2.36. The highest BCUT2D eigenvalue weighted by Gasteiger charge is 2.17. The minimum absolute atomic E-state index is 0.0877. The monoisotopic (exact) mass is 368 g/mol. The molecule has 3 rings (SSSR count). The first-order chi connectivity index (χ1) is 11.8. The van der Waals surface area contributed by atoms with Gasteiger partial charge in [-0.25, -0.2) is 4.98 Å². The second kappa shape index (κ2) is 8.56. The third-order valence-corrected chi connectivity index (χ3v) is 5.24. The van der Waals surface area contributed by atoms with Crippen LogP contribution >= 0.6 is 23.1 Å². The number of thioether (sulfide) groups is 1. The van der Waals surface area contributed by atoms with Crippen LogP contribution in [0.5, 0.6) is 0 Å². The van der Waals surface area contributed by atoms with Crippen molar-refractivity contribution in [1.29, 1.82) is 0 Å². The molecule has 2 aromatic rings. The average Bonchev–Trinajstić information content (AvgIpc) is 3.23. The van der Waals surface area contributed by atoms with Crippen molar-refractivity contribution >= 4 is 34.1 Å². The first-order valence-corrected chi connectivity index (χ1v) is 9.67. The number of carbonyl (C=O) groups excluding carboxylic acids is 1. The fourth-order valence-electron chi connectivity index (χ4n) is 2.39. The van der Waals surface area contributed by atoms with Crippen molar-refractivity contribution in [3.8, 4) is 0 Å². The summed E-state index contributed by atoms with van der Waals surface area (Å²) in [7, 11) is 0. The van der Waals surface area contributed by atoms with Crippen LogP contribution in [0.15, 0.2) is 16.7 Å². The molecule has 1 N–H and O–H groups in total. The Morgan fingerprint density at radius 2 is 2.25 bits per heavy atom. The highest BCUT2D eigenvalue weighted by molar-refractivity contribution is 7.99. The predicted octanol–water partition coefficient (Wildman–Crippen LogP) is 1.32. The van der Waals surface area contributed by atoms with E-state index in [2.05, 4.69) is 36.9 Å². The summed E-state index contributed by atoms with van der Waals surface area (Å²) in [5.41, 5.74) is 0. The van der Waals surface area contributed by atoms with Crippen LogP contribution in [0.1, 0.15) is 12.7 Å². The molecular formula is C14H20N6O2S2. The molecule has 10 heteroatoms. The van der Waals surface area contributed by atoms with E-state index < -0.39 is 0 Å². The molecule has 24 heavy (non-hydrogen) atoms. The smallest absolute Gasteiger partial charge is 0.236 e. The fraction of sp³-hybridized carbons (Fsp3) is 0.571. The minimum atomic E-state index is -0.0877. The molecule has 0 atom stereocenters. The zero-order valence-corrected chi connectivity index (χ0v) is 15.1. The second-order valence-corrected chi connectivity index (χ2v) is 7.04. The molecular weight excluding hydrogens is 348 g/mol. The van der Waals surface area contributed by atoms with Crippen molar-refractivity contribution in [1.82, 2.24) is 24.6 Å². The number of aromatic nitrogens is 4. The molecule has 1 aliphatic rings. The Bertz CT molecular complexity index is 654. The van der Waals surface area contributed by atoms with Gasteiger partial charge in [-0.2, -0.15) is 0 Å². The SMILES string of the molecule is CCn1c(CN2CCOCC2)nnc1SCC(=O)Nc1nccs1. The summed E-state index contributed by atoms with van der Waals surface area (Å²) in [6, 6.07) is 0. The maximum Gasteiger partial charge on any atom is 0.236 e. The van der Waals surface area contributed by atoms with E-state index in [-0.39, 0.29) is 11.7 Å². The van der Waals surface area contributed by atoms with Crippen molar-refractivity contribution in [3.05, 3.63) is 17.4 Å². The molecule has 0 spiro atoms. The van der Waals surface area contributed by atoms with Crippen LogP contribution in [0.25, 0.3) is 0 Å². The van der Waals surface area contributed by atoms with Gasteiger partial charge in [0.2, 0.25) is 5.91 Å². The van der Waals surface area contributed by atoms with Crippen molar-refractivity contribution in [3.63, 3.8) is 0 Å². The lowest BCUT2D eigenvalue weighted by molar-refractivity contribution is -0.113. The van der Waals surface area contributed by atoms with Crippen LogP contribution < -0.4 is 5.32 Å². The number of thiazole rings is 1. The number of ether oxygens (including phenoxy) is 1. The van der Waals surface area contributed by atoms with E-state index in [9.17, 15) is 4.79 Å². The number of rotatable bonds is 7. The van der Waals surface area contributed by atoms with E-state index in [1.165, 1.54) is 23.1 Å². The summed E-state index contributed by atoms with van der Waals surface area (Å²) in [6.45, 7) is 6.95. The number of amides is 1. The van der Waals surface area contributed by atoms with E-state index in [0.717, 1.165) is 50.4 Å². The maximum atomic E-state index is 12.0. The molecule has 0 bridgehead atoms. The standard InChI is InChI=1S/C14H20N6O2S2/c1-2-20-11(9-19-4-6-22-7-5-19)17-18-14(20)24-10-12(21)16-13-15-3-8-23-13/h3,8H,2,4-7,9-10H2,1H3,(H,15,16,21). The molecule has 8 nitrogen and oxygen atoms in total. The summed E-state index contributed by atoms with van der Waals surface area (Å²) in [5.74, 6) is 1.13. The van der Waals surface area contributed by atoms with Crippen molar-refractivity contribution in [2.24, 2.45) is 0 Å². The molecule has 130 valence electrons. The molecule has 3 heterocycles. The van der Waals surface area contributed by atoms with E-state index in [1.54, 1.807) is 6.20 Å². The number of morpholine rings is 1. The number of nitrogens with zero attached hydrogens (tertiary/aromatic N) is 5. The Balaban J connectivity index is 1.56. The number of carbonyl (C=O) groups is 1. The number of hydrogen-bond donors (Lipinski definition) is 1. The van der Waals surface area contributed by atoms with Gasteiger partial charge in [0, 0.05) is 31.2 Å². The van der Waals surface area contributed by atoms with Crippen molar-refractivity contribution < 1.29 is 9.53 Å². The van der Waals surface area contributed by atoms with Crippen LogP contribution in [-0.4, -0.2) is 62.6 Å². The molecule has 1 fully saturated rings. The van der Waals surface area contributed by atoms with Gasteiger partial charge in [-0.3, -0.25) is 9.69 Å². The van der Waals surface area contributed by atoms with E-state index >= 15 is 0 Å². The first kappa shape index (κ1) is 17.3. The van der Waals surface area contributed by atoms with Gasteiger partial charge in [0.25, 0.3) is 0 Å². The van der Waals surface area contributed by atoms with Crippen molar-refractivity contribution in [2.45, 2.75) is 25.2 Å². The Morgan fingerprint density at radius 1 is 1.42 bits per heavy atom. The summed E-state index contributed by atoms with van der Waals surface area (Å²) >= 11 is 2.80. The van der Waals surface area contributed by atoms with Crippen LogP contribution in [0, 0.1) is 0 Å². The molecule has 0 aliphatic carbocycles. The molecule has 0 radical (unpaired) electrons. The summed E-state index contributed by atoms with van der Waals surface area (Å²) in [4.78, 5) is 18.3. The highest BCUT2D eigenvalue weighted by Crippen LogP contribution is 2.19. The molecule has 0 aromatic carbocycles. The Kier molecular flexibility index (Phi) is 6.18. The lowest BCUT2D eigenvalue weighted by Gasteiger charge is -2.26. The van der Waals surface area contributed by atoms with Crippen LogP contribution in [0.2, 0.25) is 0 Å². The van der Waals surface area contributed by atoms with Gasteiger partial charge in [-0.05, 0) is 6.92 Å². The van der Waals surface area contributed by atoms with E-state index in [1.807, 2.05) is 5.38 Å². The summed E-state index contributed by atoms with van der Waals surface area (Å²) < 4.78 is 7.44. The molecule has 1 saturated heterocycles.